The molecular weight excluding hydrogens is 288 g/mol. The van der Waals surface area contributed by atoms with Gasteiger partial charge in [-0.15, -0.1) is 19.8 Å². The smallest absolute Gasteiger partial charge is 0.406 e. The van der Waals surface area contributed by atoms with Crippen molar-refractivity contribution in [2.45, 2.75) is 12.4 Å². The summed E-state index contributed by atoms with van der Waals surface area (Å²) in [6.45, 7) is 6.48. The van der Waals surface area contributed by atoms with Gasteiger partial charge in [0.1, 0.15) is 11.6 Å². The van der Waals surface area contributed by atoms with Crippen LogP contribution in [0.25, 0.3) is 0 Å². The second-order valence-corrected chi connectivity index (χ2v) is 4.70. The van der Waals surface area contributed by atoms with Gasteiger partial charge in [0.05, 0.1) is 6.04 Å². The molecule has 1 saturated heterocycles. The first-order valence-corrected chi connectivity index (χ1v) is 6.53. The van der Waals surface area contributed by atoms with Crippen LogP contribution in [0.15, 0.2) is 30.9 Å². The molecule has 1 aromatic rings. The molecule has 1 aromatic carbocycles. The number of nitrogens with one attached hydrogen (secondary N) is 1. The molecule has 1 heterocycles. The molecule has 3 nitrogen and oxygen atoms in total. The molecule has 1 aliphatic heterocycles. The van der Waals surface area contributed by atoms with E-state index in [4.69, 9.17) is 0 Å². The SMILES string of the molecule is C=C[C@H](c1cc(OC(F)(F)F)ccc1F)N1CCNCC1. The third-order valence-corrected chi connectivity index (χ3v) is 3.29. The second-order valence-electron chi connectivity index (χ2n) is 4.70. The van der Waals surface area contributed by atoms with E-state index in [2.05, 4.69) is 16.6 Å². The largest absolute Gasteiger partial charge is 0.573 e. The van der Waals surface area contributed by atoms with Crippen molar-refractivity contribution in [3.05, 3.63) is 42.2 Å². The van der Waals surface area contributed by atoms with Gasteiger partial charge in [-0.25, -0.2) is 4.39 Å². The molecule has 2 rings (SSSR count). The molecule has 0 unspecified atom stereocenters. The average molecular weight is 304 g/mol. The lowest BCUT2D eigenvalue weighted by Crippen LogP contribution is -2.44. The first-order chi connectivity index (χ1) is 9.90. The number of nitrogens with zero attached hydrogens (tertiary/aromatic N) is 1. The molecule has 0 aliphatic carbocycles. The zero-order valence-electron chi connectivity index (χ0n) is 11.3. The highest BCUT2D eigenvalue weighted by molar-refractivity contribution is 5.34. The van der Waals surface area contributed by atoms with Crippen LogP contribution in [0.5, 0.6) is 5.75 Å². The lowest BCUT2D eigenvalue weighted by molar-refractivity contribution is -0.274. The van der Waals surface area contributed by atoms with E-state index in [1.807, 2.05) is 4.90 Å². The molecule has 0 amide bonds. The maximum atomic E-state index is 14.0. The summed E-state index contributed by atoms with van der Waals surface area (Å²) in [6, 6.07) is 2.54. The van der Waals surface area contributed by atoms with Gasteiger partial charge in [0.25, 0.3) is 0 Å². The van der Waals surface area contributed by atoms with Crippen LogP contribution >= 0.6 is 0 Å². The lowest BCUT2D eigenvalue weighted by atomic mass is 10.0. The highest BCUT2D eigenvalue weighted by atomic mass is 19.4. The lowest BCUT2D eigenvalue weighted by Gasteiger charge is -2.33. The van der Waals surface area contributed by atoms with Gasteiger partial charge in [0, 0.05) is 31.7 Å². The number of hydrogen-bond donors (Lipinski definition) is 1. The molecule has 1 atom stereocenters. The Morgan fingerprint density at radius 1 is 1.29 bits per heavy atom. The Balaban J connectivity index is 2.27. The predicted octanol–water partition coefficient (Wildman–Crippen LogP) is 2.86. The number of halogens is 4. The Morgan fingerprint density at radius 2 is 1.95 bits per heavy atom. The summed E-state index contributed by atoms with van der Waals surface area (Å²) in [7, 11) is 0. The molecule has 0 saturated carbocycles. The van der Waals surface area contributed by atoms with Gasteiger partial charge in [-0.3, -0.25) is 4.90 Å². The minimum Gasteiger partial charge on any atom is -0.406 e. The summed E-state index contributed by atoms with van der Waals surface area (Å²) in [6.07, 6.45) is -3.27. The molecule has 1 aliphatic rings. The van der Waals surface area contributed by atoms with Gasteiger partial charge in [-0.05, 0) is 18.2 Å². The zero-order chi connectivity index (χ0) is 15.5. The van der Waals surface area contributed by atoms with Crippen molar-refractivity contribution in [2.75, 3.05) is 26.2 Å². The van der Waals surface area contributed by atoms with Crippen LogP contribution in [-0.2, 0) is 0 Å². The average Bonchev–Trinajstić information content (AvgIpc) is 2.43. The molecule has 21 heavy (non-hydrogen) atoms. The Kier molecular flexibility index (Phi) is 4.84. The van der Waals surface area contributed by atoms with Crippen LogP contribution in [0, 0.1) is 5.82 Å². The van der Waals surface area contributed by atoms with Crippen molar-refractivity contribution in [3.8, 4) is 5.75 Å². The van der Waals surface area contributed by atoms with Crippen LogP contribution in [0.3, 0.4) is 0 Å². The number of piperazine rings is 1. The summed E-state index contributed by atoms with van der Waals surface area (Å²) in [4.78, 5) is 1.96. The maximum Gasteiger partial charge on any atom is 0.573 e. The van der Waals surface area contributed by atoms with E-state index in [1.165, 1.54) is 6.08 Å². The van der Waals surface area contributed by atoms with E-state index in [9.17, 15) is 17.6 Å². The molecule has 0 bridgehead atoms. The van der Waals surface area contributed by atoms with E-state index < -0.39 is 24.0 Å². The molecule has 1 N–H and O–H groups in total. The van der Waals surface area contributed by atoms with E-state index in [-0.39, 0.29) is 5.56 Å². The number of ether oxygens (including phenoxy) is 1. The summed E-state index contributed by atoms with van der Waals surface area (Å²) < 4.78 is 54.6. The topological polar surface area (TPSA) is 24.5 Å². The normalized spacial score (nSPS) is 18.3. The van der Waals surface area contributed by atoms with E-state index in [0.717, 1.165) is 31.3 Å². The van der Waals surface area contributed by atoms with Gasteiger partial charge in [-0.2, -0.15) is 0 Å². The van der Waals surface area contributed by atoms with Crippen molar-refractivity contribution in [3.63, 3.8) is 0 Å². The van der Waals surface area contributed by atoms with E-state index in [0.29, 0.717) is 13.1 Å². The van der Waals surface area contributed by atoms with Gasteiger partial charge in [0.15, 0.2) is 0 Å². The van der Waals surface area contributed by atoms with Gasteiger partial charge in [0.2, 0.25) is 0 Å². The van der Waals surface area contributed by atoms with Crippen LogP contribution in [0.1, 0.15) is 11.6 Å². The fraction of sp³-hybridized carbons (Fsp3) is 0.429. The van der Waals surface area contributed by atoms with Crippen LogP contribution in [0.2, 0.25) is 0 Å². The Morgan fingerprint density at radius 3 is 2.52 bits per heavy atom. The number of benzene rings is 1. The first kappa shape index (κ1) is 15.8. The molecule has 0 aromatic heterocycles. The molecule has 0 radical (unpaired) electrons. The van der Waals surface area contributed by atoms with Crippen molar-refractivity contribution < 1.29 is 22.3 Å². The highest BCUT2D eigenvalue weighted by Crippen LogP contribution is 2.30. The predicted molar refractivity (Wildman–Crippen MR) is 70.5 cm³/mol. The monoisotopic (exact) mass is 304 g/mol. The van der Waals surface area contributed by atoms with Crippen molar-refractivity contribution >= 4 is 0 Å². The van der Waals surface area contributed by atoms with E-state index >= 15 is 0 Å². The molecular formula is C14H16F4N2O. The zero-order valence-corrected chi connectivity index (χ0v) is 11.3. The van der Waals surface area contributed by atoms with Crippen LogP contribution < -0.4 is 10.1 Å². The van der Waals surface area contributed by atoms with Crippen molar-refractivity contribution in [2.24, 2.45) is 0 Å². The number of alkyl halides is 3. The Labute approximate surface area is 120 Å². The fourth-order valence-corrected chi connectivity index (χ4v) is 2.38. The standard InChI is InChI=1S/C14H16F4N2O/c1-2-13(20-7-5-19-6-8-20)11-9-10(3-4-12(11)15)21-14(16,17)18/h2-4,9,13,19H,1,5-8H2/t13-/m1/s1. The molecule has 7 heteroatoms. The summed E-state index contributed by atoms with van der Waals surface area (Å²) in [5.41, 5.74) is 0.133. The molecule has 0 spiro atoms. The summed E-state index contributed by atoms with van der Waals surface area (Å²) in [5.74, 6) is -1.01. The second kappa shape index (κ2) is 6.44. The maximum absolute atomic E-state index is 14.0. The van der Waals surface area contributed by atoms with Crippen molar-refractivity contribution in [1.29, 1.82) is 0 Å². The van der Waals surface area contributed by atoms with Crippen LogP contribution in [-0.4, -0.2) is 37.4 Å². The van der Waals surface area contributed by atoms with Crippen LogP contribution in [0.4, 0.5) is 17.6 Å². The summed E-state index contributed by atoms with van der Waals surface area (Å²) >= 11 is 0. The Hall–Kier alpha value is -1.60. The minimum absolute atomic E-state index is 0.133. The fourth-order valence-electron chi connectivity index (χ4n) is 2.38. The number of rotatable bonds is 4. The third kappa shape index (κ3) is 4.18. The summed E-state index contributed by atoms with van der Waals surface area (Å²) in [5, 5.41) is 3.16. The Bertz CT molecular complexity index is 498. The first-order valence-electron chi connectivity index (χ1n) is 6.53. The van der Waals surface area contributed by atoms with Gasteiger partial charge < -0.3 is 10.1 Å². The molecule has 116 valence electrons. The van der Waals surface area contributed by atoms with Gasteiger partial charge in [-0.1, -0.05) is 6.08 Å². The van der Waals surface area contributed by atoms with Crippen molar-refractivity contribution in [1.82, 2.24) is 10.2 Å². The molecule has 1 fully saturated rings. The quantitative estimate of drug-likeness (QED) is 0.684. The van der Waals surface area contributed by atoms with E-state index in [1.54, 1.807) is 0 Å². The third-order valence-electron chi connectivity index (χ3n) is 3.29. The van der Waals surface area contributed by atoms with Gasteiger partial charge >= 0.3 is 6.36 Å². The minimum atomic E-state index is -4.80. The number of hydrogen-bond acceptors (Lipinski definition) is 3. The highest BCUT2D eigenvalue weighted by Gasteiger charge is 2.32.